The maximum Gasteiger partial charge on any atom is 0.0527 e. The summed E-state index contributed by atoms with van der Waals surface area (Å²) in [5, 5.41) is 3.59. The van der Waals surface area contributed by atoms with Gasteiger partial charge in [-0.15, -0.1) is 0 Å². The van der Waals surface area contributed by atoms with Crippen molar-refractivity contribution in [3.05, 3.63) is 35.3 Å². The fourth-order valence-electron chi connectivity index (χ4n) is 4.40. The Labute approximate surface area is 143 Å². The molecule has 1 fully saturated rings. The summed E-state index contributed by atoms with van der Waals surface area (Å²) in [6, 6.07) is 0.935. The van der Waals surface area contributed by atoms with Crippen LogP contribution in [0.1, 0.15) is 57.8 Å². The van der Waals surface area contributed by atoms with Crippen LogP contribution in [0.5, 0.6) is 0 Å². The summed E-state index contributed by atoms with van der Waals surface area (Å²) in [7, 11) is 0. The van der Waals surface area contributed by atoms with Crippen LogP contribution in [0, 0.1) is 0 Å². The maximum absolute atomic E-state index is 4.97. The minimum atomic E-state index is 0.464. The van der Waals surface area contributed by atoms with Gasteiger partial charge in [0.25, 0.3) is 0 Å². The first-order valence-corrected chi connectivity index (χ1v) is 9.40. The van der Waals surface area contributed by atoms with Crippen molar-refractivity contribution < 1.29 is 0 Å². The zero-order valence-electron chi connectivity index (χ0n) is 14.1. The lowest BCUT2D eigenvalue weighted by Gasteiger charge is -2.10. The van der Waals surface area contributed by atoms with Gasteiger partial charge in [0, 0.05) is 34.2 Å². The quantitative estimate of drug-likeness (QED) is 0.724. The van der Waals surface area contributed by atoms with E-state index >= 15 is 0 Å². The van der Waals surface area contributed by atoms with Crippen molar-refractivity contribution in [3.8, 4) is 0 Å². The van der Waals surface area contributed by atoms with Crippen LogP contribution >= 0.6 is 0 Å². The molecule has 5 heterocycles. The van der Waals surface area contributed by atoms with Crippen molar-refractivity contribution in [1.29, 1.82) is 0 Å². The van der Waals surface area contributed by atoms with Gasteiger partial charge in [-0.2, -0.15) is 0 Å². The zero-order chi connectivity index (χ0) is 15.9. The predicted molar refractivity (Wildman–Crippen MR) is 98.8 cm³/mol. The average molecular weight is 320 g/mol. The van der Waals surface area contributed by atoms with Gasteiger partial charge in [-0.3, -0.25) is 15.0 Å². The molecule has 1 N–H and O–H groups in total. The van der Waals surface area contributed by atoms with Gasteiger partial charge in [0.15, 0.2) is 0 Å². The summed E-state index contributed by atoms with van der Waals surface area (Å²) >= 11 is 0. The van der Waals surface area contributed by atoms with Crippen LogP contribution in [0.25, 0.3) is 0 Å². The highest BCUT2D eigenvalue weighted by Crippen LogP contribution is 2.29. The Balaban J connectivity index is 1.50. The van der Waals surface area contributed by atoms with E-state index in [0.29, 0.717) is 12.1 Å². The van der Waals surface area contributed by atoms with Crippen LogP contribution in [0.3, 0.4) is 0 Å². The van der Waals surface area contributed by atoms with E-state index in [0.717, 1.165) is 44.9 Å². The Hall–Kier alpha value is -1.97. The van der Waals surface area contributed by atoms with Crippen molar-refractivity contribution >= 4 is 17.1 Å². The zero-order valence-corrected chi connectivity index (χ0v) is 14.1. The number of rotatable bonds is 0. The van der Waals surface area contributed by atoms with Crippen molar-refractivity contribution in [2.45, 2.75) is 69.9 Å². The molecule has 124 valence electrons. The van der Waals surface area contributed by atoms with Gasteiger partial charge in [-0.1, -0.05) is 0 Å². The number of allylic oxidation sites excluding steroid dienone is 6. The van der Waals surface area contributed by atoms with Crippen LogP contribution in [0.15, 0.2) is 50.3 Å². The third-order valence-electron chi connectivity index (χ3n) is 5.63. The fraction of sp³-hybridized carbons (Fsp3) is 0.550. The SMILES string of the molecule is C1=C2/CCC(=N2)/C=C2/CC/C(=C/C3=NC(CC3)CC3CCC/1=N3)N2. The van der Waals surface area contributed by atoms with E-state index in [1.807, 2.05) is 0 Å². The molecule has 5 aliphatic rings. The van der Waals surface area contributed by atoms with Crippen molar-refractivity contribution in [2.24, 2.45) is 15.0 Å². The smallest absolute Gasteiger partial charge is 0.0527 e. The van der Waals surface area contributed by atoms with Crippen LogP contribution in [-0.2, 0) is 0 Å². The molecule has 0 saturated carbocycles. The molecule has 2 atom stereocenters. The number of nitrogens with one attached hydrogen (secondary N) is 1. The van der Waals surface area contributed by atoms with Crippen LogP contribution in [0.2, 0.25) is 0 Å². The first-order chi connectivity index (χ1) is 11.8. The van der Waals surface area contributed by atoms with Gasteiger partial charge < -0.3 is 5.32 Å². The monoisotopic (exact) mass is 320 g/mol. The molecule has 4 nitrogen and oxygen atoms in total. The summed E-state index contributed by atoms with van der Waals surface area (Å²) in [6.45, 7) is 0. The standard InChI is InChI=1S/C20H24N4/c1-2-14-10-16-5-6-18(23-16)12-20-8-7-19(24-20)11-17-4-3-15(22-17)9-13(1)21-14/h9-11,18,20-21H,1-8,12H2/b13-9-,14-10-,17-11-. The van der Waals surface area contributed by atoms with Gasteiger partial charge in [0.2, 0.25) is 0 Å². The van der Waals surface area contributed by atoms with E-state index in [1.165, 1.54) is 47.1 Å². The van der Waals surface area contributed by atoms with Gasteiger partial charge >= 0.3 is 0 Å². The van der Waals surface area contributed by atoms with E-state index in [4.69, 9.17) is 15.0 Å². The van der Waals surface area contributed by atoms with E-state index in [-0.39, 0.29) is 0 Å². The minimum absolute atomic E-state index is 0.464. The molecular formula is C20H24N4. The van der Waals surface area contributed by atoms with Crippen LogP contribution < -0.4 is 5.32 Å². The minimum Gasteiger partial charge on any atom is -0.362 e. The molecule has 0 amide bonds. The molecule has 2 unspecified atom stereocenters. The number of hydrogen-bond acceptors (Lipinski definition) is 4. The number of hydrogen-bond donors (Lipinski definition) is 1. The second-order valence-corrected chi connectivity index (χ2v) is 7.56. The van der Waals surface area contributed by atoms with E-state index < -0.39 is 0 Å². The molecule has 5 rings (SSSR count). The molecule has 0 aromatic heterocycles. The Bertz CT molecular complexity index is 748. The van der Waals surface area contributed by atoms with Crippen molar-refractivity contribution in [1.82, 2.24) is 5.32 Å². The van der Waals surface area contributed by atoms with E-state index in [9.17, 15) is 0 Å². The number of fused-ring (bicyclic) bond motifs is 5. The van der Waals surface area contributed by atoms with Gasteiger partial charge in [0.1, 0.15) is 0 Å². The summed E-state index contributed by atoms with van der Waals surface area (Å²) in [5.41, 5.74) is 7.58. The van der Waals surface area contributed by atoms with Crippen LogP contribution in [0.4, 0.5) is 0 Å². The third-order valence-corrected chi connectivity index (χ3v) is 5.63. The first-order valence-electron chi connectivity index (χ1n) is 9.40. The Morgan fingerprint density at radius 2 is 1.38 bits per heavy atom. The molecule has 1 saturated heterocycles. The summed E-state index contributed by atoms with van der Waals surface area (Å²) in [5.74, 6) is 0. The molecular weight excluding hydrogens is 296 g/mol. The summed E-state index contributed by atoms with van der Waals surface area (Å²) in [4.78, 5) is 14.7. The number of aliphatic imine (C=N–C) groups is 3. The highest BCUT2D eigenvalue weighted by atomic mass is 14.9. The Kier molecular flexibility index (Phi) is 3.50. The van der Waals surface area contributed by atoms with Gasteiger partial charge in [-0.25, -0.2) is 0 Å². The molecule has 5 aliphatic heterocycles. The fourth-order valence-corrected chi connectivity index (χ4v) is 4.40. The largest absolute Gasteiger partial charge is 0.362 e. The Morgan fingerprint density at radius 3 is 2.12 bits per heavy atom. The summed E-state index contributed by atoms with van der Waals surface area (Å²) in [6.07, 6.45) is 16.8. The molecule has 0 aromatic rings. The second kappa shape index (κ2) is 5.83. The molecule has 0 spiro atoms. The summed E-state index contributed by atoms with van der Waals surface area (Å²) < 4.78 is 0. The molecule has 24 heavy (non-hydrogen) atoms. The lowest BCUT2D eigenvalue weighted by molar-refractivity contribution is 0.522. The topological polar surface area (TPSA) is 49.1 Å². The van der Waals surface area contributed by atoms with Gasteiger partial charge in [-0.05, 0) is 76.0 Å². The molecule has 0 aliphatic carbocycles. The lowest BCUT2D eigenvalue weighted by atomic mass is 10.0. The first kappa shape index (κ1) is 14.4. The Morgan fingerprint density at radius 1 is 0.708 bits per heavy atom. The van der Waals surface area contributed by atoms with Crippen LogP contribution in [-0.4, -0.2) is 29.2 Å². The molecule has 8 bridgehead atoms. The lowest BCUT2D eigenvalue weighted by Crippen LogP contribution is -2.10. The second-order valence-electron chi connectivity index (χ2n) is 7.56. The normalized spacial score (nSPS) is 38.2. The predicted octanol–water partition coefficient (Wildman–Crippen LogP) is 3.87. The molecule has 4 heteroatoms. The third kappa shape index (κ3) is 2.90. The van der Waals surface area contributed by atoms with Crippen molar-refractivity contribution in [2.75, 3.05) is 0 Å². The van der Waals surface area contributed by atoms with Crippen molar-refractivity contribution in [3.63, 3.8) is 0 Å². The van der Waals surface area contributed by atoms with E-state index in [1.54, 1.807) is 0 Å². The highest BCUT2D eigenvalue weighted by Gasteiger charge is 2.25. The maximum atomic E-state index is 4.97. The van der Waals surface area contributed by atoms with Gasteiger partial charge in [0.05, 0.1) is 12.1 Å². The average Bonchev–Trinajstić information content (AvgIpc) is 3.32. The van der Waals surface area contributed by atoms with E-state index in [2.05, 4.69) is 23.5 Å². The molecule has 0 aromatic carbocycles. The number of nitrogens with zero attached hydrogens (tertiary/aromatic N) is 3. The highest BCUT2D eigenvalue weighted by molar-refractivity contribution is 6.01. The molecule has 0 radical (unpaired) electrons.